The standard InChI is InChI=1S/C10H15N.ClH/c1-9(2)11(3)10-7-5-4-6-8-10;/h4-9H,1-3H3;1H. The summed E-state index contributed by atoms with van der Waals surface area (Å²) in [5, 5.41) is 0. The van der Waals surface area contributed by atoms with Gasteiger partial charge >= 0.3 is 0 Å². The summed E-state index contributed by atoms with van der Waals surface area (Å²) in [4.78, 5) is 2.25. The third kappa shape index (κ3) is 2.74. The molecular formula is C10H16ClN. The summed E-state index contributed by atoms with van der Waals surface area (Å²) in [5.41, 5.74) is 1.28. The van der Waals surface area contributed by atoms with Gasteiger partial charge in [0, 0.05) is 18.8 Å². The topological polar surface area (TPSA) is 3.24 Å². The van der Waals surface area contributed by atoms with Crippen molar-refractivity contribution in [1.82, 2.24) is 0 Å². The SMILES string of the molecule is CC(C)N(C)c1ccccc1.Cl. The van der Waals surface area contributed by atoms with Crippen LogP contribution in [0.15, 0.2) is 30.3 Å². The summed E-state index contributed by atoms with van der Waals surface area (Å²) < 4.78 is 0. The maximum atomic E-state index is 2.25. The molecule has 1 rings (SSSR count). The van der Waals surface area contributed by atoms with Gasteiger partial charge in [0.2, 0.25) is 0 Å². The first-order valence-corrected chi connectivity index (χ1v) is 3.99. The van der Waals surface area contributed by atoms with Crippen LogP contribution in [0.1, 0.15) is 13.8 Å². The van der Waals surface area contributed by atoms with E-state index in [2.05, 4.69) is 50.1 Å². The summed E-state index contributed by atoms with van der Waals surface area (Å²) >= 11 is 0. The zero-order valence-corrected chi connectivity index (χ0v) is 8.64. The van der Waals surface area contributed by atoms with E-state index in [-0.39, 0.29) is 12.4 Å². The van der Waals surface area contributed by atoms with Gasteiger partial charge in [0.05, 0.1) is 0 Å². The third-order valence-electron chi connectivity index (χ3n) is 1.94. The lowest BCUT2D eigenvalue weighted by atomic mass is 10.2. The molecule has 0 aliphatic rings. The molecule has 0 N–H and O–H groups in total. The van der Waals surface area contributed by atoms with Crippen LogP contribution < -0.4 is 4.90 Å². The molecule has 1 nitrogen and oxygen atoms in total. The summed E-state index contributed by atoms with van der Waals surface area (Å²) in [6.45, 7) is 4.38. The van der Waals surface area contributed by atoms with Crippen molar-refractivity contribution in [2.45, 2.75) is 19.9 Å². The van der Waals surface area contributed by atoms with Crippen molar-refractivity contribution in [3.05, 3.63) is 30.3 Å². The van der Waals surface area contributed by atoms with Crippen LogP contribution in [0, 0.1) is 0 Å². The molecule has 1 aromatic carbocycles. The minimum Gasteiger partial charge on any atom is -0.372 e. The van der Waals surface area contributed by atoms with Gasteiger partial charge in [0.25, 0.3) is 0 Å². The smallest absolute Gasteiger partial charge is 0.0365 e. The van der Waals surface area contributed by atoms with E-state index in [0.717, 1.165) is 0 Å². The molecule has 68 valence electrons. The number of hydrogen-bond donors (Lipinski definition) is 0. The second-order valence-corrected chi connectivity index (χ2v) is 3.04. The van der Waals surface area contributed by atoms with Gasteiger partial charge < -0.3 is 4.90 Å². The molecule has 0 unspecified atom stereocenters. The van der Waals surface area contributed by atoms with Crippen LogP contribution in [0.3, 0.4) is 0 Å². The van der Waals surface area contributed by atoms with Gasteiger partial charge in [-0.2, -0.15) is 0 Å². The highest BCUT2D eigenvalue weighted by atomic mass is 35.5. The normalized spacial score (nSPS) is 9.33. The summed E-state index contributed by atoms with van der Waals surface area (Å²) in [7, 11) is 2.11. The molecule has 0 aliphatic heterocycles. The molecule has 0 saturated carbocycles. The fourth-order valence-corrected chi connectivity index (χ4v) is 0.961. The Bertz CT molecular complexity index is 208. The Morgan fingerprint density at radius 3 is 2.00 bits per heavy atom. The van der Waals surface area contributed by atoms with Crippen LogP contribution in [0.5, 0.6) is 0 Å². The van der Waals surface area contributed by atoms with E-state index in [1.165, 1.54) is 5.69 Å². The first-order valence-electron chi connectivity index (χ1n) is 3.99. The maximum absolute atomic E-state index is 2.25. The Morgan fingerprint density at radius 1 is 1.08 bits per heavy atom. The van der Waals surface area contributed by atoms with Crippen LogP contribution in [0.4, 0.5) is 5.69 Å². The predicted octanol–water partition coefficient (Wildman–Crippen LogP) is 2.95. The molecule has 1 aromatic rings. The van der Waals surface area contributed by atoms with Crippen LogP contribution in [-0.4, -0.2) is 13.1 Å². The molecule has 2 heteroatoms. The number of para-hydroxylation sites is 1. The lowest BCUT2D eigenvalue weighted by Gasteiger charge is -2.23. The van der Waals surface area contributed by atoms with Gasteiger partial charge in [-0.1, -0.05) is 18.2 Å². The Labute approximate surface area is 80.8 Å². The number of rotatable bonds is 2. The molecule has 0 atom stereocenters. The van der Waals surface area contributed by atoms with Gasteiger partial charge in [-0.15, -0.1) is 12.4 Å². The number of nitrogens with zero attached hydrogens (tertiary/aromatic N) is 1. The molecule has 0 amide bonds. The molecule has 0 aromatic heterocycles. The van der Waals surface area contributed by atoms with Crippen molar-refractivity contribution in [2.24, 2.45) is 0 Å². The summed E-state index contributed by atoms with van der Waals surface area (Å²) in [6, 6.07) is 11.0. The molecule has 0 fully saturated rings. The number of benzene rings is 1. The molecule has 0 spiro atoms. The van der Waals surface area contributed by atoms with Gasteiger partial charge in [0.15, 0.2) is 0 Å². The highest BCUT2D eigenvalue weighted by molar-refractivity contribution is 5.85. The molecule has 0 radical (unpaired) electrons. The van der Waals surface area contributed by atoms with E-state index in [1.807, 2.05) is 6.07 Å². The molecule has 0 saturated heterocycles. The Morgan fingerprint density at radius 2 is 1.58 bits per heavy atom. The minimum absolute atomic E-state index is 0. The zero-order valence-electron chi connectivity index (χ0n) is 7.82. The average molecular weight is 186 g/mol. The molecule has 0 aliphatic carbocycles. The number of anilines is 1. The molecule has 0 bridgehead atoms. The van der Waals surface area contributed by atoms with Gasteiger partial charge in [-0.3, -0.25) is 0 Å². The quantitative estimate of drug-likeness (QED) is 0.685. The van der Waals surface area contributed by atoms with Crippen molar-refractivity contribution < 1.29 is 0 Å². The van der Waals surface area contributed by atoms with E-state index < -0.39 is 0 Å². The minimum atomic E-state index is 0. The van der Waals surface area contributed by atoms with Crippen LogP contribution in [0.25, 0.3) is 0 Å². The number of halogens is 1. The molecular weight excluding hydrogens is 170 g/mol. The third-order valence-corrected chi connectivity index (χ3v) is 1.94. The summed E-state index contributed by atoms with van der Waals surface area (Å²) in [6.07, 6.45) is 0. The van der Waals surface area contributed by atoms with Crippen molar-refractivity contribution in [2.75, 3.05) is 11.9 Å². The maximum Gasteiger partial charge on any atom is 0.0365 e. The zero-order chi connectivity index (χ0) is 8.27. The fraction of sp³-hybridized carbons (Fsp3) is 0.400. The second kappa shape index (κ2) is 5.04. The predicted molar refractivity (Wildman–Crippen MR) is 57.2 cm³/mol. The largest absolute Gasteiger partial charge is 0.372 e. The average Bonchev–Trinajstić information content (AvgIpc) is 2.05. The first-order chi connectivity index (χ1) is 5.22. The van der Waals surface area contributed by atoms with E-state index in [1.54, 1.807) is 0 Å². The monoisotopic (exact) mass is 185 g/mol. The van der Waals surface area contributed by atoms with Crippen molar-refractivity contribution in [1.29, 1.82) is 0 Å². The van der Waals surface area contributed by atoms with Crippen molar-refractivity contribution >= 4 is 18.1 Å². The Hall–Kier alpha value is -0.690. The van der Waals surface area contributed by atoms with Crippen LogP contribution in [0.2, 0.25) is 0 Å². The van der Waals surface area contributed by atoms with Crippen LogP contribution >= 0.6 is 12.4 Å². The van der Waals surface area contributed by atoms with Crippen LogP contribution in [-0.2, 0) is 0 Å². The summed E-state index contributed by atoms with van der Waals surface area (Å²) in [5.74, 6) is 0. The van der Waals surface area contributed by atoms with Gasteiger partial charge in [-0.25, -0.2) is 0 Å². The highest BCUT2D eigenvalue weighted by Gasteiger charge is 2.01. The lowest BCUT2D eigenvalue weighted by molar-refractivity contribution is 0.755. The molecule has 12 heavy (non-hydrogen) atoms. The second-order valence-electron chi connectivity index (χ2n) is 3.04. The van der Waals surface area contributed by atoms with E-state index in [9.17, 15) is 0 Å². The van der Waals surface area contributed by atoms with Crippen molar-refractivity contribution in [3.63, 3.8) is 0 Å². The molecule has 0 heterocycles. The van der Waals surface area contributed by atoms with Crippen molar-refractivity contribution in [3.8, 4) is 0 Å². The van der Waals surface area contributed by atoms with E-state index in [0.29, 0.717) is 6.04 Å². The van der Waals surface area contributed by atoms with Gasteiger partial charge in [0.1, 0.15) is 0 Å². The van der Waals surface area contributed by atoms with E-state index >= 15 is 0 Å². The lowest BCUT2D eigenvalue weighted by Crippen LogP contribution is -2.25. The van der Waals surface area contributed by atoms with E-state index in [4.69, 9.17) is 0 Å². The number of hydrogen-bond acceptors (Lipinski definition) is 1. The van der Waals surface area contributed by atoms with Gasteiger partial charge in [-0.05, 0) is 26.0 Å². The Kier molecular flexibility index (Phi) is 4.75. The fourth-order valence-electron chi connectivity index (χ4n) is 0.961. The first kappa shape index (κ1) is 11.3. The Balaban J connectivity index is 0.00000121. The highest BCUT2D eigenvalue weighted by Crippen LogP contribution is 2.12.